The molecule has 0 fully saturated rings. The van der Waals surface area contributed by atoms with Crippen LogP contribution in [0.25, 0.3) is 0 Å². The average Bonchev–Trinajstić information content (AvgIpc) is 2.61. The summed E-state index contributed by atoms with van der Waals surface area (Å²) in [6.45, 7) is 4.72. The third-order valence-corrected chi connectivity index (χ3v) is 1.93. The van der Waals surface area contributed by atoms with E-state index in [0.29, 0.717) is 19.0 Å². The maximum atomic E-state index is 12.1. The number of nitrogens with zero attached hydrogens (tertiary/aromatic N) is 2. The molecule has 4 nitrogen and oxygen atoms in total. The summed E-state index contributed by atoms with van der Waals surface area (Å²) in [5.41, 5.74) is 0. The summed E-state index contributed by atoms with van der Waals surface area (Å²) in [4.78, 5) is 0. The van der Waals surface area contributed by atoms with Crippen LogP contribution in [0.3, 0.4) is 0 Å². The molecule has 1 unspecified atom stereocenters. The number of aromatic nitrogens is 2. The van der Waals surface area contributed by atoms with Crippen molar-refractivity contribution in [1.29, 1.82) is 0 Å². The predicted octanol–water partition coefficient (Wildman–Crippen LogP) is 1.99. The molecule has 16 heavy (non-hydrogen) atoms. The first-order valence-electron chi connectivity index (χ1n) is 5.27. The Kier molecular flexibility index (Phi) is 5.18. The summed E-state index contributed by atoms with van der Waals surface area (Å²) in [5, 5.41) is 7.04. The first-order chi connectivity index (χ1) is 7.61. The molecule has 0 saturated carbocycles. The summed E-state index contributed by atoms with van der Waals surface area (Å²) in [6, 6.07) is 1.78. The minimum absolute atomic E-state index is 0.106. The van der Waals surface area contributed by atoms with Crippen LogP contribution in [-0.2, 0) is 11.3 Å². The van der Waals surface area contributed by atoms with Gasteiger partial charge >= 0.3 is 0 Å². The van der Waals surface area contributed by atoms with E-state index < -0.39 is 6.43 Å². The maximum Gasteiger partial charge on any atom is 0.257 e. The lowest BCUT2D eigenvalue weighted by molar-refractivity contribution is 0.122. The molecule has 0 aliphatic heterocycles. The summed E-state index contributed by atoms with van der Waals surface area (Å²) in [6.07, 6.45) is -0.851. The van der Waals surface area contributed by atoms with Crippen molar-refractivity contribution in [3.05, 3.63) is 12.3 Å². The van der Waals surface area contributed by atoms with Crippen molar-refractivity contribution in [2.45, 2.75) is 32.9 Å². The van der Waals surface area contributed by atoms with Crippen LogP contribution in [0.4, 0.5) is 14.6 Å². The van der Waals surface area contributed by atoms with Crippen LogP contribution in [0.1, 0.15) is 13.8 Å². The molecule has 1 atom stereocenters. The zero-order valence-corrected chi connectivity index (χ0v) is 9.49. The summed E-state index contributed by atoms with van der Waals surface area (Å²) < 4.78 is 30.6. The molecule has 1 N–H and O–H groups in total. The van der Waals surface area contributed by atoms with Crippen molar-refractivity contribution < 1.29 is 13.5 Å². The molecule has 1 rings (SSSR count). The quantitative estimate of drug-likeness (QED) is 0.782. The average molecular weight is 233 g/mol. The molecule has 0 spiro atoms. The molecule has 0 aliphatic rings. The molecular formula is C10H17F2N3O. The molecule has 0 amide bonds. The van der Waals surface area contributed by atoms with Crippen molar-refractivity contribution in [3.63, 3.8) is 0 Å². The number of ether oxygens (including phenoxy) is 1. The number of rotatable bonds is 7. The predicted molar refractivity (Wildman–Crippen MR) is 57.8 cm³/mol. The highest BCUT2D eigenvalue weighted by Crippen LogP contribution is 2.06. The molecule has 1 heterocycles. The second-order valence-corrected chi connectivity index (χ2v) is 3.52. The third-order valence-electron chi connectivity index (χ3n) is 1.93. The lowest BCUT2D eigenvalue weighted by atomic mass is 10.3. The van der Waals surface area contributed by atoms with Crippen LogP contribution in [0.15, 0.2) is 12.3 Å². The van der Waals surface area contributed by atoms with E-state index in [-0.39, 0.29) is 12.6 Å². The van der Waals surface area contributed by atoms with Gasteiger partial charge in [-0.1, -0.05) is 0 Å². The minimum atomic E-state index is -2.38. The lowest BCUT2D eigenvalue weighted by Gasteiger charge is -2.12. The highest BCUT2D eigenvalue weighted by molar-refractivity contribution is 5.33. The van der Waals surface area contributed by atoms with Gasteiger partial charge in [0.1, 0.15) is 12.4 Å². The fraction of sp³-hybridized carbons (Fsp3) is 0.700. The Balaban J connectivity index is 2.39. The Labute approximate surface area is 93.6 Å². The van der Waals surface area contributed by atoms with Gasteiger partial charge in [0.15, 0.2) is 0 Å². The number of anilines is 1. The Morgan fingerprint density at radius 3 is 2.94 bits per heavy atom. The van der Waals surface area contributed by atoms with Crippen LogP contribution < -0.4 is 5.32 Å². The highest BCUT2D eigenvalue weighted by Gasteiger charge is 2.07. The third kappa shape index (κ3) is 4.57. The Morgan fingerprint density at radius 2 is 2.31 bits per heavy atom. The highest BCUT2D eigenvalue weighted by atomic mass is 19.3. The van der Waals surface area contributed by atoms with E-state index in [4.69, 9.17) is 4.74 Å². The van der Waals surface area contributed by atoms with Crippen LogP contribution in [-0.4, -0.2) is 35.5 Å². The van der Waals surface area contributed by atoms with Crippen LogP contribution in [0, 0.1) is 0 Å². The van der Waals surface area contributed by atoms with Gasteiger partial charge in [-0.05, 0) is 13.8 Å². The fourth-order valence-electron chi connectivity index (χ4n) is 1.27. The maximum absolute atomic E-state index is 12.1. The zero-order chi connectivity index (χ0) is 12.0. The van der Waals surface area contributed by atoms with Crippen molar-refractivity contribution >= 4 is 5.82 Å². The van der Waals surface area contributed by atoms with Crippen LogP contribution in [0.2, 0.25) is 0 Å². The molecule has 0 aliphatic carbocycles. The van der Waals surface area contributed by atoms with Crippen molar-refractivity contribution in [2.75, 3.05) is 18.5 Å². The Hall–Kier alpha value is -1.17. The Morgan fingerprint density at radius 1 is 1.56 bits per heavy atom. The summed E-state index contributed by atoms with van der Waals surface area (Å²) >= 11 is 0. The van der Waals surface area contributed by atoms with E-state index in [1.807, 2.05) is 13.8 Å². The molecule has 0 saturated heterocycles. The van der Waals surface area contributed by atoms with E-state index >= 15 is 0 Å². The second-order valence-electron chi connectivity index (χ2n) is 3.52. The number of halogens is 2. The molecule has 6 heteroatoms. The van der Waals surface area contributed by atoms with Crippen molar-refractivity contribution in [3.8, 4) is 0 Å². The first-order valence-corrected chi connectivity index (χ1v) is 5.27. The number of hydrogen-bond donors (Lipinski definition) is 1. The van der Waals surface area contributed by atoms with Gasteiger partial charge in [-0.3, -0.25) is 4.68 Å². The van der Waals surface area contributed by atoms with E-state index in [9.17, 15) is 8.78 Å². The van der Waals surface area contributed by atoms with E-state index in [1.54, 1.807) is 6.07 Å². The van der Waals surface area contributed by atoms with E-state index in [2.05, 4.69) is 10.4 Å². The molecule has 0 aromatic carbocycles. The molecule has 0 bridgehead atoms. The summed E-state index contributed by atoms with van der Waals surface area (Å²) in [7, 11) is 0. The summed E-state index contributed by atoms with van der Waals surface area (Å²) in [5.74, 6) is 0.591. The topological polar surface area (TPSA) is 39.1 Å². The SMILES string of the molecule is CCOCC(C)Nc1ccn(CC(F)F)n1. The smallest absolute Gasteiger partial charge is 0.257 e. The minimum Gasteiger partial charge on any atom is -0.380 e. The van der Waals surface area contributed by atoms with Gasteiger partial charge in [0.05, 0.1) is 6.61 Å². The molecule has 1 aromatic rings. The molecule has 0 radical (unpaired) electrons. The number of alkyl halides is 2. The van der Waals surface area contributed by atoms with Gasteiger partial charge in [-0.15, -0.1) is 0 Å². The van der Waals surface area contributed by atoms with E-state index in [1.165, 1.54) is 10.9 Å². The van der Waals surface area contributed by atoms with Gasteiger partial charge in [-0.2, -0.15) is 5.10 Å². The second kappa shape index (κ2) is 6.42. The lowest BCUT2D eigenvalue weighted by Crippen LogP contribution is -2.22. The molecule has 1 aromatic heterocycles. The van der Waals surface area contributed by atoms with Crippen molar-refractivity contribution in [1.82, 2.24) is 9.78 Å². The monoisotopic (exact) mass is 233 g/mol. The zero-order valence-electron chi connectivity index (χ0n) is 9.49. The van der Waals surface area contributed by atoms with Gasteiger partial charge in [-0.25, -0.2) is 8.78 Å². The van der Waals surface area contributed by atoms with Gasteiger partial charge < -0.3 is 10.1 Å². The Bertz CT molecular complexity index is 304. The molecular weight excluding hydrogens is 216 g/mol. The van der Waals surface area contributed by atoms with Crippen molar-refractivity contribution in [2.24, 2.45) is 0 Å². The van der Waals surface area contributed by atoms with Gasteiger partial charge in [0, 0.05) is 24.9 Å². The van der Waals surface area contributed by atoms with Crippen LogP contribution >= 0.6 is 0 Å². The van der Waals surface area contributed by atoms with E-state index in [0.717, 1.165) is 0 Å². The molecule has 92 valence electrons. The van der Waals surface area contributed by atoms with Gasteiger partial charge in [0.2, 0.25) is 0 Å². The fourth-order valence-corrected chi connectivity index (χ4v) is 1.27. The first kappa shape index (κ1) is 12.9. The normalized spacial score (nSPS) is 13.1. The largest absolute Gasteiger partial charge is 0.380 e. The van der Waals surface area contributed by atoms with Crippen LogP contribution in [0.5, 0.6) is 0 Å². The number of hydrogen-bond acceptors (Lipinski definition) is 3. The van der Waals surface area contributed by atoms with Gasteiger partial charge in [0.25, 0.3) is 6.43 Å². The number of nitrogens with one attached hydrogen (secondary N) is 1. The standard InChI is InChI=1S/C10H17F2N3O/c1-3-16-7-8(2)13-10-4-5-15(14-10)6-9(11)12/h4-5,8-9H,3,6-7H2,1-2H3,(H,13,14).